The summed E-state index contributed by atoms with van der Waals surface area (Å²) in [4.78, 5) is 11.0. The summed E-state index contributed by atoms with van der Waals surface area (Å²) in [6, 6.07) is 10.8. The molecule has 0 aliphatic heterocycles. The van der Waals surface area contributed by atoms with Crippen LogP contribution in [0.25, 0.3) is 0 Å². The highest BCUT2D eigenvalue weighted by Gasteiger charge is 2.49. The summed E-state index contributed by atoms with van der Waals surface area (Å²) in [6.45, 7) is 0. The first-order valence-corrected chi connectivity index (χ1v) is 6.92. The predicted octanol–water partition coefficient (Wildman–Crippen LogP) is 3.75. The zero-order chi connectivity index (χ0) is 12.6. The lowest BCUT2D eigenvalue weighted by molar-refractivity contribution is -0.142. The second-order valence-electron chi connectivity index (χ2n) is 6.22. The number of carbonyl (C=O) groups is 1. The van der Waals surface area contributed by atoms with Crippen LogP contribution in [0.1, 0.15) is 50.5 Å². The van der Waals surface area contributed by atoms with Gasteiger partial charge in [0.05, 0.1) is 6.42 Å². The zero-order valence-corrected chi connectivity index (χ0v) is 10.7. The van der Waals surface area contributed by atoms with Gasteiger partial charge in [0.1, 0.15) is 0 Å². The molecule has 3 aliphatic rings. The Bertz CT molecular complexity index is 425. The van der Waals surface area contributed by atoms with Gasteiger partial charge in [-0.15, -0.1) is 0 Å². The van der Waals surface area contributed by atoms with Crippen molar-refractivity contribution in [3.05, 3.63) is 35.9 Å². The topological polar surface area (TPSA) is 37.3 Å². The van der Waals surface area contributed by atoms with E-state index in [4.69, 9.17) is 5.11 Å². The van der Waals surface area contributed by atoms with Gasteiger partial charge >= 0.3 is 5.97 Å². The molecule has 1 aromatic carbocycles. The highest BCUT2D eigenvalue weighted by atomic mass is 16.4. The summed E-state index contributed by atoms with van der Waals surface area (Å²) in [7, 11) is 0. The molecule has 96 valence electrons. The Morgan fingerprint density at radius 3 is 2.06 bits per heavy atom. The molecule has 1 aromatic rings. The van der Waals surface area contributed by atoms with E-state index in [1.807, 2.05) is 0 Å². The lowest BCUT2D eigenvalue weighted by Crippen LogP contribution is -2.44. The van der Waals surface area contributed by atoms with Crippen LogP contribution in [0.4, 0.5) is 0 Å². The van der Waals surface area contributed by atoms with Crippen molar-refractivity contribution in [3.63, 3.8) is 0 Å². The Hall–Kier alpha value is -1.31. The minimum Gasteiger partial charge on any atom is -0.481 e. The van der Waals surface area contributed by atoms with Crippen LogP contribution in [-0.2, 0) is 10.2 Å². The normalized spacial score (nSPS) is 34.4. The summed E-state index contributed by atoms with van der Waals surface area (Å²) < 4.78 is 0. The van der Waals surface area contributed by atoms with Crippen molar-refractivity contribution >= 4 is 5.97 Å². The second kappa shape index (κ2) is 4.11. The quantitative estimate of drug-likeness (QED) is 0.879. The SMILES string of the molecule is O=C(O)CC12CCC(c3ccccc3)(CC1)CC2. The van der Waals surface area contributed by atoms with Crippen LogP contribution < -0.4 is 0 Å². The highest BCUT2D eigenvalue weighted by Crippen LogP contribution is 2.58. The number of carboxylic acid groups (broad SMARTS) is 1. The molecule has 2 nitrogen and oxygen atoms in total. The van der Waals surface area contributed by atoms with Gasteiger partial charge in [-0.1, -0.05) is 30.3 Å². The van der Waals surface area contributed by atoms with Gasteiger partial charge < -0.3 is 5.11 Å². The fourth-order valence-corrected chi connectivity index (χ4v) is 4.07. The van der Waals surface area contributed by atoms with E-state index in [1.54, 1.807) is 0 Å². The van der Waals surface area contributed by atoms with E-state index in [0.717, 1.165) is 19.3 Å². The van der Waals surface area contributed by atoms with Crippen molar-refractivity contribution in [3.8, 4) is 0 Å². The third kappa shape index (κ3) is 1.84. The van der Waals surface area contributed by atoms with E-state index in [2.05, 4.69) is 30.3 Å². The molecular formula is C16H20O2. The largest absolute Gasteiger partial charge is 0.481 e. The van der Waals surface area contributed by atoms with Crippen LogP contribution in [0.15, 0.2) is 30.3 Å². The Morgan fingerprint density at radius 1 is 1.00 bits per heavy atom. The number of fused-ring (bicyclic) bond motifs is 3. The first kappa shape index (κ1) is 11.8. The van der Waals surface area contributed by atoms with E-state index in [9.17, 15) is 4.79 Å². The zero-order valence-electron chi connectivity index (χ0n) is 10.7. The van der Waals surface area contributed by atoms with Crippen molar-refractivity contribution in [2.45, 2.75) is 50.4 Å². The second-order valence-corrected chi connectivity index (χ2v) is 6.22. The predicted molar refractivity (Wildman–Crippen MR) is 70.5 cm³/mol. The van der Waals surface area contributed by atoms with E-state index in [1.165, 1.54) is 24.8 Å². The Balaban J connectivity index is 1.81. The van der Waals surface area contributed by atoms with Gasteiger partial charge in [0.15, 0.2) is 0 Å². The van der Waals surface area contributed by atoms with Crippen molar-refractivity contribution < 1.29 is 9.90 Å². The molecule has 4 rings (SSSR count). The summed E-state index contributed by atoms with van der Waals surface area (Å²) in [6.07, 6.45) is 7.16. The maximum atomic E-state index is 11.0. The van der Waals surface area contributed by atoms with Crippen LogP contribution in [-0.4, -0.2) is 11.1 Å². The fraction of sp³-hybridized carbons (Fsp3) is 0.562. The van der Waals surface area contributed by atoms with Crippen LogP contribution in [0, 0.1) is 5.41 Å². The summed E-state index contributed by atoms with van der Waals surface area (Å²) >= 11 is 0. The van der Waals surface area contributed by atoms with Gasteiger partial charge in [-0.2, -0.15) is 0 Å². The number of aliphatic carboxylic acids is 1. The lowest BCUT2D eigenvalue weighted by atomic mass is 9.51. The Kier molecular flexibility index (Phi) is 2.69. The Morgan fingerprint density at radius 2 is 1.56 bits per heavy atom. The van der Waals surface area contributed by atoms with Gasteiger partial charge in [-0.05, 0) is 54.9 Å². The average molecular weight is 244 g/mol. The standard InChI is InChI=1S/C16H20O2/c17-14(18)12-15-6-9-16(10-7-15,11-8-15)13-4-2-1-3-5-13/h1-5H,6-12H2,(H,17,18). The molecule has 0 radical (unpaired) electrons. The van der Waals surface area contributed by atoms with Gasteiger partial charge in [-0.25, -0.2) is 0 Å². The summed E-state index contributed by atoms with van der Waals surface area (Å²) in [5.74, 6) is -0.621. The van der Waals surface area contributed by atoms with Crippen molar-refractivity contribution in [2.24, 2.45) is 5.41 Å². The van der Waals surface area contributed by atoms with Crippen LogP contribution in [0.5, 0.6) is 0 Å². The molecule has 0 saturated heterocycles. The summed E-state index contributed by atoms with van der Waals surface area (Å²) in [5.41, 5.74) is 1.93. The van der Waals surface area contributed by atoms with Crippen molar-refractivity contribution in [2.75, 3.05) is 0 Å². The van der Waals surface area contributed by atoms with Crippen molar-refractivity contribution in [1.29, 1.82) is 0 Å². The molecule has 0 spiro atoms. The number of rotatable bonds is 3. The van der Waals surface area contributed by atoms with E-state index < -0.39 is 5.97 Å². The highest BCUT2D eigenvalue weighted by molar-refractivity contribution is 5.67. The molecule has 3 fully saturated rings. The molecule has 0 aromatic heterocycles. The first-order valence-electron chi connectivity index (χ1n) is 6.92. The smallest absolute Gasteiger partial charge is 0.303 e. The molecule has 18 heavy (non-hydrogen) atoms. The number of hydrogen-bond acceptors (Lipinski definition) is 1. The minimum atomic E-state index is -0.621. The van der Waals surface area contributed by atoms with Gasteiger partial charge in [0, 0.05) is 0 Å². The summed E-state index contributed by atoms with van der Waals surface area (Å²) in [5, 5.41) is 9.06. The fourth-order valence-electron chi connectivity index (χ4n) is 4.07. The third-order valence-electron chi connectivity index (χ3n) is 5.31. The maximum Gasteiger partial charge on any atom is 0.303 e. The minimum absolute atomic E-state index is 0.113. The molecule has 3 aliphatic carbocycles. The Labute approximate surface area is 108 Å². The number of benzene rings is 1. The number of hydrogen-bond donors (Lipinski definition) is 1. The molecule has 1 N–H and O–H groups in total. The van der Waals surface area contributed by atoms with Crippen LogP contribution in [0.3, 0.4) is 0 Å². The lowest BCUT2D eigenvalue weighted by Gasteiger charge is -2.53. The first-order chi connectivity index (χ1) is 8.64. The molecule has 0 atom stereocenters. The van der Waals surface area contributed by atoms with Crippen LogP contribution >= 0.6 is 0 Å². The third-order valence-corrected chi connectivity index (χ3v) is 5.31. The molecule has 2 bridgehead atoms. The van der Waals surface area contributed by atoms with Crippen molar-refractivity contribution in [1.82, 2.24) is 0 Å². The molecular weight excluding hydrogens is 224 g/mol. The molecule has 3 saturated carbocycles. The van der Waals surface area contributed by atoms with Gasteiger partial charge in [0.25, 0.3) is 0 Å². The van der Waals surface area contributed by atoms with E-state index in [0.29, 0.717) is 11.8 Å². The monoisotopic (exact) mass is 244 g/mol. The van der Waals surface area contributed by atoms with E-state index in [-0.39, 0.29) is 5.41 Å². The molecule has 0 heterocycles. The van der Waals surface area contributed by atoms with Crippen LogP contribution in [0.2, 0.25) is 0 Å². The molecule has 2 heteroatoms. The van der Waals surface area contributed by atoms with E-state index >= 15 is 0 Å². The maximum absolute atomic E-state index is 11.0. The molecule has 0 amide bonds. The van der Waals surface area contributed by atoms with Gasteiger partial charge in [-0.3, -0.25) is 4.79 Å². The van der Waals surface area contributed by atoms with Gasteiger partial charge in [0.2, 0.25) is 0 Å². The number of carboxylic acids is 1. The molecule has 0 unspecified atom stereocenters. The average Bonchev–Trinajstić information content (AvgIpc) is 2.41.